The van der Waals surface area contributed by atoms with Gasteiger partial charge in [0.05, 0.1) is 24.8 Å². The van der Waals surface area contributed by atoms with Gasteiger partial charge < -0.3 is 10.1 Å². The van der Waals surface area contributed by atoms with Gasteiger partial charge in [-0.25, -0.2) is 5.43 Å². The highest BCUT2D eigenvalue weighted by Crippen LogP contribution is 2.34. The van der Waals surface area contributed by atoms with Gasteiger partial charge in [0.2, 0.25) is 5.91 Å². The molecule has 0 aliphatic rings. The van der Waals surface area contributed by atoms with Crippen LogP contribution >= 0.6 is 0 Å². The molecule has 0 aromatic heterocycles. The number of benzene rings is 2. The van der Waals surface area contributed by atoms with Crippen LogP contribution in [0.4, 0.5) is 18.9 Å². The van der Waals surface area contributed by atoms with Gasteiger partial charge in [0.25, 0.3) is 5.91 Å². The number of hydrogen-bond donors (Lipinski definition) is 2. The maximum absolute atomic E-state index is 13.0. The molecule has 0 bridgehead atoms. The Kier molecular flexibility index (Phi) is 6.75. The average Bonchev–Trinajstić information content (AvgIpc) is 2.65. The minimum Gasteiger partial charge on any atom is -0.497 e. The van der Waals surface area contributed by atoms with Crippen LogP contribution in [0.3, 0.4) is 0 Å². The number of nitrogens with zero attached hydrogens (tertiary/aromatic N) is 1. The normalized spacial score (nSPS) is 11.7. The van der Waals surface area contributed by atoms with Gasteiger partial charge in [-0.1, -0.05) is 18.2 Å². The van der Waals surface area contributed by atoms with E-state index in [2.05, 4.69) is 15.8 Å². The van der Waals surface area contributed by atoms with Crippen molar-refractivity contribution in [2.24, 2.45) is 5.10 Å². The number of alkyl halides is 3. The van der Waals surface area contributed by atoms with Crippen molar-refractivity contribution in [3.05, 3.63) is 59.7 Å². The lowest BCUT2D eigenvalue weighted by atomic mass is 10.1. The number of rotatable bonds is 6. The summed E-state index contributed by atoms with van der Waals surface area (Å²) in [6, 6.07) is 11.1. The zero-order valence-electron chi connectivity index (χ0n) is 15.1. The number of ether oxygens (including phenoxy) is 1. The molecule has 2 N–H and O–H groups in total. The summed E-state index contributed by atoms with van der Waals surface area (Å²) in [4.78, 5) is 24.1. The second-order valence-corrected chi connectivity index (χ2v) is 5.79. The minimum absolute atomic E-state index is 0.221. The van der Waals surface area contributed by atoms with Gasteiger partial charge in [-0.2, -0.15) is 18.3 Å². The monoisotopic (exact) mass is 393 g/mol. The van der Waals surface area contributed by atoms with Gasteiger partial charge in [-0.05, 0) is 37.3 Å². The highest BCUT2D eigenvalue weighted by atomic mass is 19.4. The van der Waals surface area contributed by atoms with Crippen LogP contribution < -0.4 is 15.5 Å². The van der Waals surface area contributed by atoms with E-state index in [4.69, 9.17) is 4.74 Å². The molecular formula is C19H18F3N3O3. The first-order chi connectivity index (χ1) is 13.2. The van der Waals surface area contributed by atoms with E-state index in [0.29, 0.717) is 11.3 Å². The van der Waals surface area contributed by atoms with E-state index in [1.165, 1.54) is 32.2 Å². The van der Waals surface area contributed by atoms with Crippen molar-refractivity contribution < 1.29 is 27.5 Å². The molecule has 0 aliphatic heterocycles. The second kappa shape index (κ2) is 9.03. The highest BCUT2D eigenvalue weighted by Gasteiger charge is 2.33. The van der Waals surface area contributed by atoms with Crippen molar-refractivity contribution in [3.63, 3.8) is 0 Å². The Morgan fingerprint density at radius 1 is 1.11 bits per heavy atom. The van der Waals surface area contributed by atoms with Gasteiger partial charge in [0.15, 0.2) is 0 Å². The van der Waals surface area contributed by atoms with Crippen LogP contribution in [0.15, 0.2) is 53.6 Å². The summed E-state index contributed by atoms with van der Waals surface area (Å²) < 4.78 is 43.9. The molecule has 2 aromatic carbocycles. The molecule has 2 rings (SSSR count). The van der Waals surface area contributed by atoms with Crippen LogP contribution in [0.2, 0.25) is 0 Å². The first kappa shape index (κ1) is 20.9. The van der Waals surface area contributed by atoms with E-state index in [-0.39, 0.29) is 17.8 Å². The van der Waals surface area contributed by atoms with Crippen molar-refractivity contribution in [3.8, 4) is 5.75 Å². The van der Waals surface area contributed by atoms with Gasteiger partial charge in [-0.3, -0.25) is 9.59 Å². The van der Waals surface area contributed by atoms with Gasteiger partial charge >= 0.3 is 6.18 Å². The minimum atomic E-state index is -4.59. The summed E-state index contributed by atoms with van der Waals surface area (Å²) in [5, 5.41) is 6.02. The number of halogens is 3. The summed E-state index contributed by atoms with van der Waals surface area (Å²) in [6.07, 6.45) is -4.87. The van der Waals surface area contributed by atoms with Crippen LogP contribution in [0.1, 0.15) is 29.3 Å². The SMILES string of the molecule is COc1cccc(C(=O)N/N=C(/C)CC(=O)Nc2ccccc2C(F)(F)F)c1. The van der Waals surface area contributed by atoms with Gasteiger partial charge in [0, 0.05) is 11.3 Å². The molecule has 0 heterocycles. The maximum Gasteiger partial charge on any atom is 0.418 e. The zero-order chi connectivity index (χ0) is 20.7. The second-order valence-electron chi connectivity index (χ2n) is 5.79. The summed E-state index contributed by atoms with van der Waals surface area (Å²) in [5.41, 5.74) is 1.53. The lowest BCUT2D eigenvalue weighted by Crippen LogP contribution is -2.22. The standard InChI is InChI=1S/C19H18F3N3O3/c1-12(24-25-18(27)13-6-5-7-14(11-13)28-2)10-17(26)23-16-9-4-3-8-15(16)19(20,21)22/h3-9,11H,10H2,1-2H3,(H,23,26)(H,25,27)/b24-12-. The third kappa shape index (κ3) is 5.83. The van der Waals surface area contributed by atoms with Crippen LogP contribution in [0.5, 0.6) is 5.75 Å². The van der Waals surface area contributed by atoms with Gasteiger partial charge in [-0.15, -0.1) is 0 Å². The molecule has 0 fully saturated rings. The maximum atomic E-state index is 13.0. The molecule has 0 spiro atoms. The number of carbonyl (C=O) groups is 2. The van der Waals surface area contributed by atoms with E-state index in [1.807, 2.05) is 0 Å². The number of methoxy groups -OCH3 is 1. The van der Waals surface area contributed by atoms with E-state index < -0.39 is 23.6 Å². The molecule has 28 heavy (non-hydrogen) atoms. The highest BCUT2D eigenvalue weighted by molar-refractivity contribution is 6.06. The summed E-state index contributed by atoms with van der Waals surface area (Å²) >= 11 is 0. The van der Waals surface area contributed by atoms with Crippen LogP contribution in [0.25, 0.3) is 0 Å². The van der Waals surface area contributed by atoms with Crippen molar-refractivity contribution in [1.29, 1.82) is 0 Å². The number of amides is 2. The smallest absolute Gasteiger partial charge is 0.418 e. The fraction of sp³-hybridized carbons (Fsp3) is 0.211. The average molecular weight is 393 g/mol. The summed E-state index contributed by atoms with van der Waals surface area (Å²) in [7, 11) is 1.47. The number of anilines is 1. The molecule has 148 valence electrons. The van der Waals surface area contributed by atoms with E-state index >= 15 is 0 Å². The molecular weight excluding hydrogens is 375 g/mol. The quantitative estimate of drug-likeness (QED) is 0.578. The molecule has 0 saturated heterocycles. The number of hydrogen-bond acceptors (Lipinski definition) is 4. The predicted octanol–water partition coefficient (Wildman–Crippen LogP) is 3.85. The predicted molar refractivity (Wildman–Crippen MR) is 98.3 cm³/mol. The Labute approximate surface area is 159 Å². The molecule has 0 saturated carbocycles. The summed E-state index contributed by atoms with van der Waals surface area (Å²) in [5.74, 6) is -0.703. The third-order valence-electron chi connectivity index (χ3n) is 3.60. The topological polar surface area (TPSA) is 79.8 Å². The van der Waals surface area contributed by atoms with Crippen LogP contribution in [-0.2, 0) is 11.0 Å². The van der Waals surface area contributed by atoms with Crippen LogP contribution in [-0.4, -0.2) is 24.6 Å². The third-order valence-corrected chi connectivity index (χ3v) is 3.60. The van der Waals surface area contributed by atoms with Crippen molar-refractivity contribution in [2.45, 2.75) is 19.5 Å². The lowest BCUT2D eigenvalue weighted by Gasteiger charge is -2.13. The Hall–Kier alpha value is -3.36. The van der Waals surface area contributed by atoms with Crippen molar-refractivity contribution >= 4 is 23.2 Å². The summed E-state index contributed by atoms with van der Waals surface area (Å²) in [6.45, 7) is 1.47. The Morgan fingerprint density at radius 3 is 2.50 bits per heavy atom. The zero-order valence-corrected chi connectivity index (χ0v) is 15.1. The van der Waals surface area contributed by atoms with Gasteiger partial charge in [0.1, 0.15) is 5.75 Å². The number of hydrazone groups is 1. The molecule has 0 radical (unpaired) electrons. The van der Waals surface area contributed by atoms with Crippen LogP contribution in [0, 0.1) is 0 Å². The molecule has 0 atom stereocenters. The van der Waals surface area contributed by atoms with E-state index in [0.717, 1.165) is 12.1 Å². The largest absolute Gasteiger partial charge is 0.497 e. The first-order valence-electron chi connectivity index (χ1n) is 8.14. The number of nitrogens with one attached hydrogen (secondary N) is 2. The molecule has 6 nitrogen and oxygen atoms in total. The fourth-order valence-electron chi connectivity index (χ4n) is 2.28. The fourth-order valence-corrected chi connectivity index (χ4v) is 2.28. The molecule has 2 aromatic rings. The molecule has 0 unspecified atom stereocenters. The molecule has 2 amide bonds. The van der Waals surface area contributed by atoms with Crippen molar-refractivity contribution in [1.82, 2.24) is 5.43 Å². The Morgan fingerprint density at radius 2 is 1.82 bits per heavy atom. The Bertz CT molecular complexity index is 895. The first-order valence-corrected chi connectivity index (χ1v) is 8.14. The molecule has 0 aliphatic carbocycles. The lowest BCUT2D eigenvalue weighted by molar-refractivity contribution is -0.137. The molecule has 9 heteroatoms. The van der Waals surface area contributed by atoms with E-state index in [1.54, 1.807) is 18.2 Å². The number of para-hydroxylation sites is 1. The number of carbonyl (C=O) groups excluding carboxylic acids is 2. The van der Waals surface area contributed by atoms with E-state index in [9.17, 15) is 22.8 Å². The van der Waals surface area contributed by atoms with Crippen molar-refractivity contribution in [2.75, 3.05) is 12.4 Å². The Balaban J connectivity index is 1.98.